The van der Waals surface area contributed by atoms with E-state index in [2.05, 4.69) is 0 Å². The highest BCUT2D eigenvalue weighted by Gasteiger charge is 2.47. The van der Waals surface area contributed by atoms with Gasteiger partial charge in [-0.15, -0.1) is 0 Å². The monoisotopic (exact) mass is 311 g/mol. The number of nitrogens with zero attached hydrogens (tertiary/aromatic N) is 2. The third-order valence-electron chi connectivity index (χ3n) is 4.32. The minimum Gasteiger partial charge on any atom is -0.328 e. The summed E-state index contributed by atoms with van der Waals surface area (Å²) in [5.41, 5.74) is 5.58. The van der Waals surface area contributed by atoms with Gasteiger partial charge in [0.25, 0.3) is 5.69 Å². The van der Waals surface area contributed by atoms with Crippen molar-refractivity contribution in [2.24, 2.45) is 5.73 Å². The molecule has 2 heterocycles. The number of nitro groups is 1. The van der Waals surface area contributed by atoms with Crippen molar-refractivity contribution in [2.75, 3.05) is 0 Å². The van der Waals surface area contributed by atoms with Crippen LogP contribution in [-0.2, 0) is 10.0 Å². The van der Waals surface area contributed by atoms with Gasteiger partial charge in [0.2, 0.25) is 10.0 Å². The number of fused-ring (bicyclic) bond motifs is 2. The molecule has 8 heteroatoms. The lowest BCUT2D eigenvalue weighted by atomic mass is 10.0. The number of benzene rings is 1. The van der Waals surface area contributed by atoms with E-state index in [1.807, 2.05) is 0 Å². The Labute approximate surface area is 122 Å². The van der Waals surface area contributed by atoms with Crippen molar-refractivity contribution >= 4 is 15.7 Å². The molecule has 3 rings (SSSR count). The quantitative estimate of drug-likeness (QED) is 0.667. The lowest BCUT2D eigenvalue weighted by Crippen LogP contribution is -2.50. The molecule has 7 nitrogen and oxygen atoms in total. The first-order valence-corrected chi connectivity index (χ1v) is 8.38. The molecule has 0 aliphatic carbocycles. The van der Waals surface area contributed by atoms with Crippen LogP contribution in [0.1, 0.15) is 25.7 Å². The van der Waals surface area contributed by atoms with Crippen LogP contribution in [0.2, 0.25) is 0 Å². The minimum absolute atomic E-state index is 0.0136. The Kier molecular flexibility index (Phi) is 3.46. The van der Waals surface area contributed by atoms with Crippen LogP contribution >= 0.6 is 0 Å². The van der Waals surface area contributed by atoms with Crippen LogP contribution in [0.4, 0.5) is 5.69 Å². The fourth-order valence-corrected chi connectivity index (χ4v) is 5.56. The lowest BCUT2D eigenvalue weighted by Gasteiger charge is -2.36. The average molecular weight is 311 g/mol. The van der Waals surface area contributed by atoms with E-state index in [-0.39, 0.29) is 28.7 Å². The fraction of sp³-hybridized carbons (Fsp3) is 0.538. The first-order chi connectivity index (χ1) is 9.91. The molecule has 1 aromatic rings. The summed E-state index contributed by atoms with van der Waals surface area (Å²) in [4.78, 5) is 10.2. The number of para-hydroxylation sites is 1. The van der Waals surface area contributed by atoms with Gasteiger partial charge in [0.15, 0.2) is 4.90 Å². The fourth-order valence-electron chi connectivity index (χ4n) is 3.51. The van der Waals surface area contributed by atoms with Gasteiger partial charge >= 0.3 is 0 Å². The van der Waals surface area contributed by atoms with Crippen molar-refractivity contribution in [3.05, 3.63) is 34.4 Å². The van der Waals surface area contributed by atoms with Gasteiger partial charge in [0.05, 0.1) is 4.92 Å². The Hall–Kier alpha value is -1.51. The second-order valence-electron chi connectivity index (χ2n) is 5.68. The van der Waals surface area contributed by atoms with Crippen LogP contribution in [-0.4, -0.2) is 35.8 Å². The number of nitro benzene ring substituents is 1. The first-order valence-electron chi connectivity index (χ1n) is 6.94. The molecule has 2 saturated heterocycles. The molecule has 0 saturated carbocycles. The second-order valence-corrected chi connectivity index (χ2v) is 7.49. The molecule has 2 N–H and O–H groups in total. The van der Waals surface area contributed by atoms with Crippen LogP contribution in [0, 0.1) is 10.1 Å². The van der Waals surface area contributed by atoms with Crippen molar-refractivity contribution in [1.82, 2.24) is 4.31 Å². The number of hydrogen-bond donors (Lipinski definition) is 1. The molecule has 114 valence electrons. The molecule has 0 radical (unpaired) electrons. The molecule has 2 atom stereocenters. The van der Waals surface area contributed by atoms with E-state index < -0.39 is 14.9 Å². The van der Waals surface area contributed by atoms with Crippen molar-refractivity contribution in [3.8, 4) is 0 Å². The van der Waals surface area contributed by atoms with E-state index in [9.17, 15) is 18.5 Å². The zero-order valence-corrected chi connectivity index (χ0v) is 12.2. The van der Waals surface area contributed by atoms with E-state index in [1.165, 1.54) is 28.6 Å². The van der Waals surface area contributed by atoms with Gasteiger partial charge in [-0.25, -0.2) is 8.42 Å². The molecule has 0 aromatic heterocycles. The zero-order valence-electron chi connectivity index (χ0n) is 11.4. The Morgan fingerprint density at radius 3 is 2.33 bits per heavy atom. The number of hydrogen-bond acceptors (Lipinski definition) is 5. The van der Waals surface area contributed by atoms with Crippen LogP contribution < -0.4 is 5.73 Å². The van der Waals surface area contributed by atoms with Gasteiger partial charge in [-0.3, -0.25) is 10.1 Å². The highest BCUT2D eigenvalue weighted by atomic mass is 32.2. The van der Waals surface area contributed by atoms with Crippen molar-refractivity contribution in [2.45, 2.75) is 48.7 Å². The summed E-state index contributed by atoms with van der Waals surface area (Å²) in [5.74, 6) is 0. The number of nitrogens with two attached hydrogens (primary N) is 1. The first kappa shape index (κ1) is 14.4. The van der Waals surface area contributed by atoms with E-state index in [4.69, 9.17) is 5.73 Å². The molecule has 0 amide bonds. The SMILES string of the molecule is NC1CC2CCC(C1)N2S(=O)(=O)c1ccccc1[N+](=O)[O-]. The van der Waals surface area contributed by atoms with Crippen molar-refractivity contribution < 1.29 is 13.3 Å². The van der Waals surface area contributed by atoms with Gasteiger partial charge in [-0.05, 0) is 31.7 Å². The zero-order chi connectivity index (χ0) is 15.2. The Bertz CT molecular complexity index is 662. The molecule has 2 unspecified atom stereocenters. The van der Waals surface area contributed by atoms with Crippen LogP contribution in [0.15, 0.2) is 29.2 Å². The molecule has 2 aliphatic heterocycles. The van der Waals surface area contributed by atoms with E-state index >= 15 is 0 Å². The molecule has 2 bridgehead atoms. The second kappa shape index (κ2) is 5.04. The number of rotatable bonds is 3. The molecule has 1 aromatic carbocycles. The molecule has 2 fully saturated rings. The largest absolute Gasteiger partial charge is 0.328 e. The predicted molar refractivity (Wildman–Crippen MR) is 76.1 cm³/mol. The van der Waals surface area contributed by atoms with Crippen LogP contribution in [0.5, 0.6) is 0 Å². The average Bonchev–Trinajstić information content (AvgIpc) is 2.72. The number of piperidine rings is 1. The molecule has 21 heavy (non-hydrogen) atoms. The summed E-state index contributed by atoms with van der Waals surface area (Å²) in [6, 6.07) is 5.26. The highest BCUT2D eigenvalue weighted by molar-refractivity contribution is 7.89. The molecule has 2 aliphatic rings. The Morgan fingerprint density at radius 1 is 1.19 bits per heavy atom. The maximum Gasteiger partial charge on any atom is 0.289 e. The van der Waals surface area contributed by atoms with Crippen LogP contribution in [0.25, 0.3) is 0 Å². The van der Waals surface area contributed by atoms with Gasteiger partial charge in [0, 0.05) is 24.2 Å². The standard InChI is InChI=1S/C13H17N3O4S/c14-9-7-10-5-6-11(8-9)15(10)21(19,20)13-4-2-1-3-12(13)16(17)18/h1-4,9-11H,5-8,14H2. The topological polar surface area (TPSA) is 107 Å². The molecular weight excluding hydrogens is 294 g/mol. The molecule has 0 spiro atoms. The Balaban J connectivity index is 2.05. The number of sulfonamides is 1. The summed E-state index contributed by atoms with van der Waals surface area (Å²) in [6.07, 6.45) is 2.79. The van der Waals surface area contributed by atoms with E-state index in [1.54, 1.807) is 0 Å². The maximum absolute atomic E-state index is 12.9. The summed E-state index contributed by atoms with van der Waals surface area (Å²) < 4.78 is 27.2. The van der Waals surface area contributed by atoms with Crippen molar-refractivity contribution in [1.29, 1.82) is 0 Å². The summed E-state index contributed by atoms with van der Waals surface area (Å²) in [7, 11) is -3.86. The van der Waals surface area contributed by atoms with Gasteiger partial charge in [0.1, 0.15) is 0 Å². The predicted octanol–water partition coefficient (Wildman–Crippen LogP) is 1.24. The minimum atomic E-state index is -3.86. The lowest BCUT2D eigenvalue weighted by molar-refractivity contribution is -0.387. The Morgan fingerprint density at radius 2 is 1.76 bits per heavy atom. The van der Waals surface area contributed by atoms with Crippen molar-refractivity contribution in [3.63, 3.8) is 0 Å². The summed E-state index contributed by atoms with van der Waals surface area (Å²) in [6.45, 7) is 0. The third-order valence-corrected chi connectivity index (χ3v) is 6.37. The summed E-state index contributed by atoms with van der Waals surface area (Å²) in [5, 5.41) is 11.1. The van der Waals surface area contributed by atoms with Crippen LogP contribution in [0.3, 0.4) is 0 Å². The van der Waals surface area contributed by atoms with E-state index in [0.29, 0.717) is 12.8 Å². The summed E-state index contributed by atoms with van der Waals surface area (Å²) >= 11 is 0. The smallest absolute Gasteiger partial charge is 0.289 e. The highest BCUT2D eigenvalue weighted by Crippen LogP contribution is 2.40. The maximum atomic E-state index is 12.9. The normalized spacial score (nSPS) is 29.5. The molecular formula is C13H17N3O4S. The van der Waals surface area contributed by atoms with E-state index in [0.717, 1.165) is 12.8 Å². The van der Waals surface area contributed by atoms with Gasteiger partial charge < -0.3 is 5.73 Å². The third kappa shape index (κ3) is 2.33. The van der Waals surface area contributed by atoms with Gasteiger partial charge in [-0.1, -0.05) is 12.1 Å². The van der Waals surface area contributed by atoms with Gasteiger partial charge in [-0.2, -0.15) is 4.31 Å².